The molecule has 24 heavy (non-hydrogen) atoms. The zero-order chi connectivity index (χ0) is 17.2. The molecule has 1 aliphatic rings. The smallest absolute Gasteiger partial charge is 0.170 e. The standard InChI is InChI=1S/C20H33N3S/c1-3-16-10-8-11-17(4-2)19(16)23-20(24)22-15-9-14-21-18-12-6-5-7-13-18/h8,10-11,18,21H,3-7,9,12-15H2,1-2H3,(H2,22,23,24). The van der Waals surface area contributed by atoms with Gasteiger partial charge in [0.1, 0.15) is 0 Å². The number of benzene rings is 1. The Morgan fingerprint density at radius 2 is 1.71 bits per heavy atom. The van der Waals surface area contributed by atoms with Gasteiger partial charge in [-0.3, -0.25) is 0 Å². The lowest BCUT2D eigenvalue weighted by Gasteiger charge is -2.23. The van der Waals surface area contributed by atoms with Gasteiger partial charge in [0.05, 0.1) is 0 Å². The molecule has 134 valence electrons. The molecule has 1 fully saturated rings. The SMILES string of the molecule is CCc1cccc(CC)c1NC(=S)NCCCNC1CCCCC1. The molecule has 0 heterocycles. The van der Waals surface area contributed by atoms with E-state index in [1.165, 1.54) is 48.9 Å². The second-order valence-electron chi connectivity index (χ2n) is 6.68. The number of thiocarbonyl (C=S) groups is 1. The molecule has 0 bridgehead atoms. The maximum atomic E-state index is 5.48. The lowest BCUT2D eigenvalue weighted by atomic mass is 9.95. The van der Waals surface area contributed by atoms with Crippen molar-refractivity contribution in [2.75, 3.05) is 18.4 Å². The lowest BCUT2D eigenvalue weighted by molar-refractivity contribution is 0.372. The highest BCUT2D eigenvalue weighted by Crippen LogP contribution is 2.22. The van der Waals surface area contributed by atoms with Gasteiger partial charge in [0.2, 0.25) is 0 Å². The van der Waals surface area contributed by atoms with Crippen molar-refractivity contribution in [2.45, 2.75) is 71.3 Å². The first-order valence-corrected chi connectivity index (χ1v) is 10.0. The lowest BCUT2D eigenvalue weighted by Crippen LogP contribution is -2.35. The van der Waals surface area contributed by atoms with Crippen LogP contribution < -0.4 is 16.0 Å². The molecule has 0 spiro atoms. The molecule has 4 heteroatoms. The highest BCUT2D eigenvalue weighted by Gasteiger charge is 2.12. The summed E-state index contributed by atoms with van der Waals surface area (Å²) in [6.45, 7) is 6.37. The van der Waals surface area contributed by atoms with Crippen LogP contribution in [0.15, 0.2) is 18.2 Å². The van der Waals surface area contributed by atoms with E-state index in [1.807, 2.05) is 0 Å². The first-order chi connectivity index (χ1) is 11.7. The Morgan fingerprint density at radius 3 is 2.33 bits per heavy atom. The van der Waals surface area contributed by atoms with Gasteiger partial charge in [0, 0.05) is 18.3 Å². The molecule has 0 atom stereocenters. The van der Waals surface area contributed by atoms with Gasteiger partial charge in [0.15, 0.2) is 5.11 Å². The van der Waals surface area contributed by atoms with Crippen LogP contribution in [-0.2, 0) is 12.8 Å². The molecule has 1 aromatic rings. The van der Waals surface area contributed by atoms with E-state index in [1.54, 1.807) is 0 Å². The van der Waals surface area contributed by atoms with Crippen molar-refractivity contribution in [3.8, 4) is 0 Å². The molecular weight excluding hydrogens is 314 g/mol. The molecule has 2 rings (SSSR count). The molecule has 0 aromatic heterocycles. The summed E-state index contributed by atoms with van der Waals surface area (Å²) in [5.74, 6) is 0. The fourth-order valence-electron chi connectivity index (χ4n) is 3.46. The van der Waals surface area contributed by atoms with E-state index in [9.17, 15) is 0 Å². The minimum atomic E-state index is 0.739. The zero-order valence-electron chi connectivity index (χ0n) is 15.3. The third-order valence-corrected chi connectivity index (χ3v) is 5.16. The molecule has 3 N–H and O–H groups in total. The van der Waals surface area contributed by atoms with E-state index in [2.05, 4.69) is 48.0 Å². The molecule has 1 aromatic carbocycles. The Hall–Kier alpha value is -1.13. The van der Waals surface area contributed by atoms with Crippen molar-refractivity contribution in [2.24, 2.45) is 0 Å². The minimum absolute atomic E-state index is 0.739. The normalized spacial score (nSPS) is 15.2. The fraction of sp³-hybridized carbons (Fsp3) is 0.650. The number of para-hydroxylation sites is 1. The predicted molar refractivity (Wildman–Crippen MR) is 109 cm³/mol. The van der Waals surface area contributed by atoms with E-state index in [0.29, 0.717) is 0 Å². The van der Waals surface area contributed by atoms with Gasteiger partial charge in [0.25, 0.3) is 0 Å². The summed E-state index contributed by atoms with van der Waals surface area (Å²) in [6, 6.07) is 7.24. The maximum absolute atomic E-state index is 5.48. The Balaban J connectivity index is 1.69. The molecule has 0 radical (unpaired) electrons. The van der Waals surface area contributed by atoms with E-state index in [-0.39, 0.29) is 0 Å². The monoisotopic (exact) mass is 347 g/mol. The highest BCUT2D eigenvalue weighted by atomic mass is 32.1. The van der Waals surface area contributed by atoms with Crippen molar-refractivity contribution in [1.29, 1.82) is 0 Å². The fourth-order valence-corrected chi connectivity index (χ4v) is 3.67. The van der Waals surface area contributed by atoms with Crippen LogP contribution in [0.3, 0.4) is 0 Å². The van der Waals surface area contributed by atoms with Crippen molar-refractivity contribution >= 4 is 23.0 Å². The first kappa shape index (κ1) is 19.2. The Kier molecular flexibility index (Phi) is 8.54. The van der Waals surface area contributed by atoms with Gasteiger partial charge in [-0.05, 0) is 62.0 Å². The quantitative estimate of drug-likeness (QED) is 0.481. The molecule has 0 amide bonds. The van der Waals surface area contributed by atoms with Crippen LogP contribution in [0.2, 0.25) is 0 Å². The number of hydrogen-bond acceptors (Lipinski definition) is 2. The number of nitrogens with one attached hydrogen (secondary N) is 3. The van der Waals surface area contributed by atoms with Crippen molar-refractivity contribution in [3.05, 3.63) is 29.3 Å². The molecule has 0 unspecified atom stereocenters. The van der Waals surface area contributed by atoms with E-state index in [4.69, 9.17) is 12.2 Å². The predicted octanol–water partition coefficient (Wildman–Crippen LogP) is 4.41. The highest BCUT2D eigenvalue weighted by molar-refractivity contribution is 7.80. The Bertz CT molecular complexity index is 487. The maximum Gasteiger partial charge on any atom is 0.170 e. The van der Waals surface area contributed by atoms with Gasteiger partial charge < -0.3 is 16.0 Å². The molecule has 1 aliphatic carbocycles. The van der Waals surface area contributed by atoms with E-state index in [0.717, 1.165) is 43.5 Å². The molecule has 1 saturated carbocycles. The summed E-state index contributed by atoms with van der Waals surface area (Å²) in [7, 11) is 0. The molecule has 3 nitrogen and oxygen atoms in total. The van der Waals surface area contributed by atoms with Gasteiger partial charge in [-0.1, -0.05) is 51.3 Å². The van der Waals surface area contributed by atoms with Crippen molar-refractivity contribution in [1.82, 2.24) is 10.6 Å². The van der Waals surface area contributed by atoms with Crippen LogP contribution in [0.1, 0.15) is 63.5 Å². The van der Waals surface area contributed by atoms with Crippen LogP contribution in [0.4, 0.5) is 5.69 Å². The Morgan fingerprint density at radius 1 is 1.04 bits per heavy atom. The van der Waals surface area contributed by atoms with Gasteiger partial charge in [-0.25, -0.2) is 0 Å². The van der Waals surface area contributed by atoms with Gasteiger partial charge in [-0.15, -0.1) is 0 Å². The average Bonchev–Trinajstić information content (AvgIpc) is 2.62. The number of aryl methyl sites for hydroxylation is 2. The third kappa shape index (κ3) is 6.06. The minimum Gasteiger partial charge on any atom is -0.362 e. The second kappa shape index (κ2) is 10.7. The van der Waals surface area contributed by atoms with Crippen molar-refractivity contribution < 1.29 is 0 Å². The molecular formula is C20H33N3S. The summed E-state index contributed by atoms with van der Waals surface area (Å²) in [6.07, 6.45) is 10.0. The van der Waals surface area contributed by atoms with Gasteiger partial charge >= 0.3 is 0 Å². The van der Waals surface area contributed by atoms with Crippen LogP contribution in [0.25, 0.3) is 0 Å². The van der Waals surface area contributed by atoms with Gasteiger partial charge in [-0.2, -0.15) is 0 Å². The first-order valence-electron chi connectivity index (χ1n) is 9.63. The summed E-state index contributed by atoms with van der Waals surface area (Å²) < 4.78 is 0. The average molecular weight is 348 g/mol. The summed E-state index contributed by atoms with van der Waals surface area (Å²) in [5.41, 5.74) is 3.86. The summed E-state index contributed by atoms with van der Waals surface area (Å²) in [5, 5.41) is 11.2. The van der Waals surface area contributed by atoms with Crippen LogP contribution in [0.5, 0.6) is 0 Å². The number of hydrogen-bond donors (Lipinski definition) is 3. The number of rotatable bonds is 8. The van der Waals surface area contributed by atoms with Crippen LogP contribution in [0, 0.1) is 0 Å². The third-order valence-electron chi connectivity index (χ3n) is 4.91. The van der Waals surface area contributed by atoms with Crippen molar-refractivity contribution in [3.63, 3.8) is 0 Å². The molecule has 0 saturated heterocycles. The zero-order valence-corrected chi connectivity index (χ0v) is 16.1. The summed E-state index contributed by atoms with van der Waals surface area (Å²) >= 11 is 5.48. The topological polar surface area (TPSA) is 36.1 Å². The summed E-state index contributed by atoms with van der Waals surface area (Å²) in [4.78, 5) is 0. The second-order valence-corrected chi connectivity index (χ2v) is 7.09. The Labute approximate surface area is 153 Å². The molecule has 0 aliphatic heterocycles. The van der Waals surface area contributed by atoms with Crippen LogP contribution in [-0.4, -0.2) is 24.2 Å². The van der Waals surface area contributed by atoms with E-state index >= 15 is 0 Å². The largest absolute Gasteiger partial charge is 0.362 e. The van der Waals surface area contributed by atoms with E-state index < -0.39 is 0 Å². The number of anilines is 1. The van der Waals surface area contributed by atoms with Crippen LogP contribution >= 0.6 is 12.2 Å².